The second-order valence-corrected chi connectivity index (χ2v) is 5.78. The molecule has 3 heterocycles. The number of fused-ring (bicyclic) bond motifs is 3. The molecule has 1 N–H and O–H groups in total. The first kappa shape index (κ1) is 15.0. The SMILES string of the molecule is FC(F)(F)c1ccc2c(n1)N(c1ccccc1Cl)Cc1cn[nH]c1-2. The highest BCUT2D eigenvalue weighted by Crippen LogP contribution is 2.43. The number of rotatable bonds is 1. The number of aromatic nitrogens is 3. The van der Waals surface area contributed by atoms with Gasteiger partial charge in [-0.3, -0.25) is 5.10 Å². The lowest BCUT2D eigenvalue weighted by Gasteiger charge is -2.30. The van der Waals surface area contributed by atoms with Crippen molar-refractivity contribution < 1.29 is 13.2 Å². The van der Waals surface area contributed by atoms with Crippen LogP contribution in [-0.2, 0) is 12.7 Å². The Kier molecular flexibility index (Phi) is 3.28. The fourth-order valence-electron chi connectivity index (χ4n) is 2.79. The molecule has 0 aliphatic carbocycles. The number of halogens is 4. The maximum absolute atomic E-state index is 13.1. The Morgan fingerprint density at radius 2 is 1.92 bits per heavy atom. The Labute approximate surface area is 139 Å². The summed E-state index contributed by atoms with van der Waals surface area (Å²) in [6, 6.07) is 9.36. The summed E-state index contributed by atoms with van der Waals surface area (Å²) in [4.78, 5) is 5.53. The lowest BCUT2D eigenvalue weighted by molar-refractivity contribution is -0.141. The van der Waals surface area contributed by atoms with Crippen molar-refractivity contribution in [2.45, 2.75) is 12.7 Å². The van der Waals surface area contributed by atoms with E-state index in [0.29, 0.717) is 28.5 Å². The zero-order valence-corrected chi connectivity index (χ0v) is 12.9. The summed E-state index contributed by atoms with van der Waals surface area (Å²) >= 11 is 6.24. The van der Waals surface area contributed by atoms with Crippen LogP contribution in [0, 0.1) is 0 Å². The summed E-state index contributed by atoms with van der Waals surface area (Å²) in [5.41, 5.74) is 1.75. The Morgan fingerprint density at radius 1 is 1.12 bits per heavy atom. The number of pyridine rings is 1. The Balaban J connectivity index is 1.95. The van der Waals surface area contributed by atoms with Gasteiger partial charge < -0.3 is 4.90 Å². The number of hydrogen-bond donors (Lipinski definition) is 1. The van der Waals surface area contributed by atoms with E-state index in [9.17, 15) is 13.2 Å². The lowest BCUT2D eigenvalue weighted by Crippen LogP contribution is -2.24. The molecule has 0 saturated heterocycles. The molecular weight excluding hydrogens is 341 g/mol. The highest BCUT2D eigenvalue weighted by molar-refractivity contribution is 6.33. The van der Waals surface area contributed by atoms with Gasteiger partial charge in [-0.25, -0.2) is 4.98 Å². The summed E-state index contributed by atoms with van der Waals surface area (Å²) in [6.07, 6.45) is -2.87. The molecule has 0 unspecified atom stereocenters. The van der Waals surface area contributed by atoms with Gasteiger partial charge in [0.05, 0.1) is 29.1 Å². The van der Waals surface area contributed by atoms with Crippen molar-refractivity contribution in [3.63, 3.8) is 0 Å². The number of H-pyrrole nitrogens is 1. The smallest absolute Gasteiger partial charge is 0.320 e. The molecule has 1 aromatic carbocycles. The van der Waals surface area contributed by atoms with Crippen molar-refractivity contribution in [3.05, 3.63) is 58.9 Å². The predicted molar refractivity (Wildman–Crippen MR) is 84.1 cm³/mol. The van der Waals surface area contributed by atoms with Crippen LogP contribution in [0.2, 0.25) is 5.02 Å². The third-order valence-corrected chi connectivity index (χ3v) is 4.20. The van der Waals surface area contributed by atoms with Gasteiger partial charge in [-0.2, -0.15) is 18.3 Å². The van der Waals surface area contributed by atoms with Crippen LogP contribution in [0.3, 0.4) is 0 Å². The number of para-hydroxylation sites is 1. The van der Waals surface area contributed by atoms with E-state index in [0.717, 1.165) is 11.6 Å². The van der Waals surface area contributed by atoms with Crippen molar-refractivity contribution in [1.82, 2.24) is 15.2 Å². The van der Waals surface area contributed by atoms with Gasteiger partial charge in [-0.15, -0.1) is 0 Å². The molecule has 8 heteroatoms. The molecule has 1 aliphatic heterocycles. The fourth-order valence-corrected chi connectivity index (χ4v) is 3.02. The van der Waals surface area contributed by atoms with Crippen LogP contribution in [0.15, 0.2) is 42.6 Å². The molecule has 0 saturated carbocycles. The van der Waals surface area contributed by atoms with Gasteiger partial charge in [0.25, 0.3) is 0 Å². The third-order valence-electron chi connectivity index (χ3n) is 3.88. The van der Waals surface area contributed by atoms with Gasteiger partial charge in [0.2, 0.25) is 0 Å². The zero-order valence-electron chi connectivity index (χ0n) is 12.1. The van der Waals surface area contributed by atoms with E-state index < -0.39 is 11.9 Å². The maximum atomic E-state index is 13.1. The molecule has 122 valence electrons. The standard InChI is InChI=1S/C16H10ClF3N4/c17-11-3-1-2-4-12(11)24-8-9-7-21-23-14(9)10-5-6-13(16(18,19)20)22-15(10)24/h1-7H,8H2,(H,21,23). The number of benzene rings is 1. The first-order chi connectivity index (χ1) is 11.4. The van der Waals surface area contributed by atoms with E-state index in [1.165, 1.54) is 6.07 Å². The van der Waals surface area contributed by atoms with Gasteiger partial charge >= 0.3 is 6.18 Å². The molecule has 2 aromatic heterocycles. The third kappa shape index (κ3) is 2.32. The number of aromatic amines is 1. The highest BCUT2D eigenvalue weighted by Gasteiger charge is 2.35. The van der Waals surface area contributed by atoms with Gasteiger partial charge in [-0.1, -0.05) is 23.7 Å². The number of nitrogens with zero attached hydrogens (tertiary/aromatic N) is 3. The van der Waals surface area contributed by atoms with Crippen LogP contribution in [0.1, 0.15) is 11.3 Å². The minimum Gasteiger partial charge on any atom is -0.320 e. The molecule has 1 aliphatic rings. The van der Waals surface area contributed by atoms with Gasteiger partial charge in [0, 0.05) is 11.1 Å². The largest absolute Gasteiger partial charge is 0.433 e. The van der Waals surface area contributed by atoms with Gasteiger partial charge in [-0.05, 0) is 24.3 Å². The number of anilines is 2. The molecule has 0 spiro atoms. The van der Waals surface area contributed by atoms with Crippen LogP contribution >= 0.6 is 11.6 Å². The monoisotopic (exact) mass is 350 g/mol. The summed E-state index contributed by atoms with van der Waals surface area (Å²) in [6.45, 7) is 0.330. The van der Waals surface area contributed by atoms with E-state index in [2.05, 4.69) is 15.2 Å². The quantitative estimate of drug-likeness (QED) is 0.686. The second-order valence-electron chi connectivity index (χ2n) is 5.37. The molecule has 0 amide bonds. The average Bonchev–Trinajstić information content (AvgIpc) is 3.02. The van der Waals surface area contributed by atoms with Crippen molar-refractivity contribution >= 4 is 23.1 Å². The molecule has 24 heavy (non-hydrogen) atoms. The molecule has 0 atom stereocenters. The van der Waals surface area contributed by atoms with Crippen LogP contribution in [0.4, 0.5) is 24.7 Å². The predicted octanol–water partition coefficient (Wildman–Crippen LogP) is 4.80. The van der Waals surface area contributed by atoms with E-state index in [4.69, 9.17) is 11.6 Å². The van der Waals surface area contributed by atoms with Gasteiger partial charge in [0.15, 0.2) is 0 Å². The Bertz CT molecular complexity index is 920. The molecule has 0 bridgehead atoms. The fraction of sp³-hybridized carbons (Fsp3) is 0.125. The number of alkyl halides is 3. The second kappa shape index (κ2) is 5.24. The first-order valence-electron chi connectivity index (χ1n) is 7.08. The van der Waals surface area contributed by atoms with Crippen molar-refractivity contribution in [3.8, 4) is 11.3 Å². The molecule has 4 rings (SSSR count). The molecule has 4 nitrogen and oxygen atoms in total. The number of hydrogen-bond acceptors (Lipinski definition) is 3. The summed E-state index contributed by atoms with van der Waals surface area (Å²) in [7, 11) is 0. The van der Waals surface area contributed by atoms with Crippen molar-refractivity contribution in [2.24, 2.45) is 0 Å². The Morgan fingerprint density at radius 3 is 2.67 bits per heavy atom. The highest BCUT2D eigenvalue weighted by atomic mass is 35.5. The van der Waals surface area contributed by atoms with Crippen LogP contribution < -0.4 is 4.90 Å². The number of nitrogens with one attached hydrogen (secondary N) is 1. The van der Waals surface area contributed by atoms with E-state index >= 15 is 0 Å². The molecule has 3 aromatic rings. The van der Waals surface area contributed by atoms with Crippen molar-refractivity contribution in [2.75, 3.05) is 4.90 Å². The summed E-state index contributed by atoms with van der Waals surface area (Å²) in [5, 5.41) is 7.26. The molecule has 0 radical (unpaired) electrons. The van der Waals surface area contributed by atoms with Crippen LogP contribution in [0.5, 0.6) is 0 Å². The summed E-state index contributed by atoms with van der Waals surface area (Å²) < 4.78 is 39.2. The lowest BCUT2D eigenvalue weighted by atomic mass is 10.0. The summed E-state index contributed by atoms with van der Waals surface area (Å²) in [5.74, 6) is 0.203. The van der Waals surface area contributed by atoms with Crippen LogP contribution in [0.25, 0.3) is 11.3 Å². The van der Waals surface area contributed by atoms with E-state index in [1.54, 1.807) is 35.4 Å². The average molecular weight is 351 g/mol. The minimum absolute atomic E-state index is 0.203. The van der Waals surface area contributed by atoms with E-state index in [1.807, 2.05) is 0 Å². The van der Waals surface area contributed by atoms with Gasteiger partial charge in [0.1, 0.15) is 11.5 Å². The topological polar surface area (TPSA) is 44.8 Å². The minimum atomic E-state index is -4.52. The molecular formula is C16H10ClF3N4. The maximum Gasteiger partial charge on any atom is 0.433 e. The van der Waals surface area contributed by atoms with E-state index in [-0.39, 0.29) is 5.82 Å². The van der Waals surface area contributed by atoms with Crippen molar-refractivity contribution in [1.29, 1.82) is 0 Å². The first-order valence-corrected chi connectivity index (χ1v) is 7.46. The zero-order chi connectivity index (χ0) is 16.9. The normalized spacial score (nSPS) is 13.6. The Hall–Kier alpha value is -2.54. The molecule has 0 fully saturated rings. The van der Waals surface area contributed by atoms with Crippen LogP contribution in [-0.4, -0.2) is 15.2 Å².